The van der Waals surface area contributed by atoms with E-state index < -0.39 is 0 Å². The zero-order valence-electron chi connectivity index (χ0n) is 17.7. The van der Waals surface area contributed by atoms with Crippen molar-refractivity contribution in [3.8, 4) is 0 Å². The van der Waals surface area contributed by atoms with E-state index in [1.54, 1.807) is 6.92 Å². The van der Waals surface area contributed by atoms with Crippen molar-refractivity contribution in [3.05, 3.63) is 36.0 Å². The maximum Gasteiger partial charge on any atom is 0.217 e. The van der Waals surface area contributed by atoms with Gasteiger partial charge in [0, 0.05) is 56.2 Å². The summed E-state index contributed by atoms with van der Waals surface area (Å²) in [5.74, 6) is 0.672. The quantitative estimate of drug-likeness (QED) is 0.674. The van der Waals surface area contributed by atoms with E-state index in [1.165, 1.54) is 16.5 Å². The monoisotopic (exact) mass is 372 g/mol. The Bertz CT molecular complexity index is 737. The smallest absolute Gasteiger partial charge is 0.217 e. The van der Waals surface area contributed by atoms with Crippen LogP contribution in [0.4, 0.5) is 0 Å². The number of hydrogen-bond acceptors (Lipinski definition) is 3. The van der Waals surface area contributed by atoms with Gasteiger partial charge in [-0.1, -0.05) is 32.0 Å². The van der Waals surface area contributed by atoms with Crippen molar-refractivity contribution in [1.29, 1.82) is 0 Å². The summed E-state index contributed by atoms with van der Waals surface area (Å²) in [7, 11) is 6.25. The van der Waals surface area contributed by atoms with E-state index in [-0.39, 0.29) is 11.9 Å². The molecule has 0 aliphatic rings. The normalized spacial score (nSPS) is 14.1. The summed E-state index contributed by atoms with van der Waals surface area (Å²) in [6.07, 6.45) is 4.16. The van der Waals surface area contributed by atoms with Gasteiger partial charge in [0.05, 0.1) is 0 Å². The Kier molecular flexibility index (Phi) is 7.87. The third kappa shape index (κ3) is 6.08. The summed E-state index contributed by atoms with van der Waals surface area (Å²) in [4.78, 5) is 14.2. The van der Waals surface area contributed by atoms with Gasteiger partial charge >= 0.3 is 0 Å². The fraction of sp³-hybridized carbons (Fsp3) is 0.591. The van der Waals surface area contributed by atoms with Crippen LogP contribution in [0.5, 0.6) is 0 Å². The van der Waals surface area contributed by atoms with Gasteiger partial charge in [0.2, 0.25) is 5.91 Å². The topological polar surface area (TPSA) is 49.3 Å². The van der Waals surface area contributed by atoms with Crippen molar-refractivity contribution in [2.45, 2.75) is 45.7 Å². The van der Waals surface area contributed by atoms with Crippen LogP contribution in [0.2, 0.25) is 0 Å². The minimum absolute atomic E-state index is 0.0302. The standard InChI is InChI=1S/C22H36N4O/c1-16(2)11-20(13-23-4)25(5)15-19(24-17(3)27)12-18-14-26(6)22-10-8-7-9-21(18)22/h7-10,14,16,19-20,23H,11-13,15H2,1-6H3,(H,24,27). The second kappa shape index (κ2) is 9.90. The van der Waals surface area contributed by atoms with Crippen molar-refractivity contribution in [3.63, 3.8) is 0 Å². The lowest BCUT2D eigenvalue weighted by Crippen LogP contribution is -2.48. The van der Waals surface area contributed by atoms with Crippen LogP contribution in [-0.4, -0.2) is 54.6 Å². The van der Waals surface area contributed by atoms with Gasteiger partial charge in [-0.2, -0.15) is 0 Å². The van der Waals surface area contributed by atoms with Crippen molar-refractivity contribution in [2.24, 2.45) is 13.0 Å². The molecule has 0 saturated carbocycles. The first-order valence-corrected chi connectivity index (χ1v) is 9.96. The van der Waals surface area contributed by atoms with E-state index in [0.29, 0.717) is 12.0 Å². The molecular formula is C22H36N4O. The Morgan fingerprint density at radius 3 is 2.59 bits per heavy atom. The molecular weight excluding hydrogens is 336 g/mol. The molecule has 2 rings (SSSR count). The predicted octanol–water partition coefficient (Wildman–Crippen LogP) is 2.79. The van der Waals surface area contributed by atoms with Gasteiger partial charge in [-0.05, 0) is 44.5 Å². The summed E-state index contributed by atoms with van der Waals surface area (Å²) in [6, 6.07) is 9.01. The molecule has 0 fully saturated rings. The molecule has 27 heavy (non-hydrogen) atoms. The fourth-order valence-electron chi connectivity index (χ4n) is 4.00. The second-order valence-corrected chi connectivity index (χ2v) is 8.16. The molecule has 0 aliphatic carbocycles. The average molecular weight is 373 g/mol. The first kappa shape index (κ1) is 21.5. The number of nitrogens with zero attached hydrogens (tertiary/aromatic N) is 2. The van der Waals surface area contributed by atoms with Gasteiger partial charge in [-0.25, -0.2) is 0 Å². The van der Waals surface area contributed by atoms with Crippen LogP contribution < -0.4 is 10.6 Å². The van der Waals surface area contributed by atoms with Crippen LogP contribution in [0.3, 0.4) is 0 Å². The molecule has 0 radical (unpaired) electrons. The molecule has 1 aromatic carbocycles. The van der Waals surface area contributed by atoms with Crippen LogP contribution in [0.15, 0.2) is 30.5 Å². The number of benzene rings is 1. The maximum atomic E-state index is 11.8. The molecule has 0 aliphatic heterocycles. The molecule has 5 nitrogen and oxygen atoms in total. The lowest BCUT2D eigenvalue weighted by atomic mass is 10.0. The van der Waals surface area contributed by atoms with Crippen LogP contribution in [0, 0.1) is 5.92 Å². The zero-order valence-corrected chi connectivity index (χ0v) is 17.7. The number of aromatic nitrogens is 1. The molecule has 1 heterocycles. The van der Waals surface area contributed by atoms with Crippen LogP contribution >= 0.6 is 0 Å². The highest BCUT2D eigenvalue weighted by Gasteiger charge is 2.21. The molecule has 150 valence electrons. The van der Waals surface area contributed by atoms with E-state index in [9.17, 15) is 4.79 Å². The van der Waals surface area contributed by atoms with Crippen LogP contribution in [0.25, 0.3) is 10.9 Å². The van der Waals surface area contributed by atoms with E-state index in [4.69, 9.17) is 0 Å². The number of likely N-dealkylation sites (N-methyl/N-ethyl adjacent to an activating group) is 2. The van der Waals surface area contributed by atoms with Crippen LogP contribution in [-0.2, 0) is 18.3 Å². The third-order valence-electron chi connectivity index (χ3n) is 5.17. The lowest BCUT2D eigenvalue weighted by molar-refractivity contribution is -0.119. The summed E-state index contributed by atoms with van der Waals surface area (Å²) in [5.41, 5.74) is 2.52. The first-order valence-electron chi connectivity index (χ1n) is 9.96. The van der Waals surface area contributed by atoms with E-state index in [0.717, 1.165) is 25.9 Å². The molecule has 5 heteroatoms. The Hall–Kier alpha value is -1.85. The molecule has 2 N–H and O–H groups in total. The number of rotatable bonds is 10. The summed E-state index contributed by atoms with van der Waals surface area (Å²) >= 11 is 0. The Morgan fingerprint density at radius 1 is 1.26 bits per heavy atom. The van der Waals surface area contributed by atoms with E-state index in [2.05, 4.69) is 78.5 Å². The van der Waals surface area contributed by atoms with Gasteiger partial charge < -0.3 is 20.1 Å². The van der Waals surface area contributed by atoms with Crippen molar-refractivity contribution >= 4 is 16.8 Å². The number of hydrogen-bond donors (Lipinski definition) is 2. The highest BCUT2D eigenvalue weighted by molar-refractivity contribution is 5.84. The number of carbonyl (C=O) groups excluding carboxylic acids is 1. The minimum atomic E-state index is 0.0302. The number of carbonyl (C=O) groups is 1. The van der Waals surface area contributed by atoms with Gasteiger partial charge in [-0.3, -0.25) is 4.79 Å². The molecule has 2 atom stereocenters. The number of aryl methyl sites for hydroxylation is 1. The second-order valence-electron chi connectivity index (χ2n) is 8.16. The van der Waals surface area contributed by atoms with Crippen molar-refractivity contribution in [2.75, 3.05) is 27.2 Å². The molecule has 1 amide bonds. The van der Waals surface area contributed by atoms with E-state index in [1.807, 2.05) is 7.05 Å². The minimum Gasteiger partial charge on any atom is -0.352 e. The Morgan fingerprint density at radius 2 is 1.96 bits per heavy atom. The average Bonchev–Trinajstić information content (AvgIpc) is 2.90. The summed E-state index contributed by atoms with van der Waals surface area (Å²) < 4.78 is 2.17. The van der Waals surface area contributed by atoms with Crippen molar-refractivity contribution < 1.29 is 4.79 Å². The molecule has 0 spiro atoms. The molecule has 2 aromatic rings. The van der Waals surface area contributed by atoms with Crippen LogP contribution in [0.1, 0.15) is 32.8 Å². The Labute approximate surface area is 164 Å². The van der Waals surface area contributed by atoms with E-state index >= 15 is 0 Å². The maximum absolute atomic E-state index is 11.8. The fourth-order valence-corrected chi connectivity index (χ4v) is 4.00. The first-order chi connectivity index (χ1) is 12.8. The number of para-hydroxylation sites is 1. The summed E-state index contributed by atoms with van der Waals surface area (Å²) in [5, 5.41) is 7.76. The largest absolute Gasteiger partial charge is 0.352 e. The highest BCUT2D eigenvalue weighted by atomic mass is 16.1. The molecule has 0 bridgehead atoms. The number of fused-ring (bicyclic) bond motifs is 1. The van der Waals surface area contributed by atoms with Gasteiger partial charge in [0.25, 0.3) is 0 Å². The lowest BCUT2D eigenvalue weighted by Gasteiger charge is -2.32. The van der Waals surface area contributed by atoms with Gasteiger partial charge in [-0.15, -0.1) is 0 Å². The number of amides is 1. The summed E-state index contributed by atoms with van der Waals surface area (Å²) in [6.45, 7) is 7.92. The predicted molar refractivity (Wildman–Crippen MR) is 114 cm³/mol. The third-order valence-corrected chi connectivity index (χ3v) is 5.17. The van der Waals surface area contributed by atoms with Gasteiger partial charge in [0.1, 0.15) is 0 Å². The van der Waals surface area contributed by atoms with Crippen molar-refractivity contribution in [1.82, 2.24) is 20.1 Å². The molecule has 1 aromatic heterocycles. The zero-order chi connectivity index (χ0) is 20.0. The highest BCUT2D eigenvalue weighted by Crippen LogP contribution is 2.22. The Balaban J connectivity index is 2.17. The van der Waals surface area contributed by atoms with Gasteiger partial charge in [0.15, 0.2) is 0 Å². The molecule has 0 saturated heterocycles. The SMILES string of the molecule is CNCC(CC(C)C)N(C)CC(Cc1cn(C)c2ccccc12)NC(C)=O. The molecule has 2 unspecified atom stereocenters. The number of nitrogens with one attached hydrogen (secondary N) is 2.